The number of aromatic nitrogens is 3. The number of pyridine rings is 1. The van der Waals surface area contributed by atoms with Crippen molar-refractivity contribution in [3.05, 3.63) is 52.3 Å². The lowest BCUT2D eigenvalue weighted by Gasteiger charge is -2.23. The highest BCUT2D eigenvalue weighted by Crippen LogP contribution is 2.30. The van der Waals surface area contributed by atoms with Gasteiger partial charge >= 0.3 is 0 Å². The molecule has 1 atom stereocenters. The number of carbonyl (C=O) groups excluding carboxylic acids is 1. The summed E-state index contributed by atoms with van der Waals surface area (Å²) in [6, 6.07) is 10.2. The van der Waals surface area contributed by atoms with Crippen LogP contribution in [0.15, 0.2) is 30.3 Å². The second-order valence-electron chi connectivity index (χ2n) is 9.26. The maximum atomic E-state index is 13.3. The summed E-state index contributed by atoms with van der Waals surface area (Å²) < 4.78 is 1.74. The molecular weight excluding hydrogens is 422 g/mol. The molecule has 1 N–H and O–H groups in total. The summed E-state index contributed by atoms with van der Waals surface area (Å²) in [4.78, 5) is 20.6. The smallest absolute Gasteiger partial charge is 0.252 e. The minimum absolute atomic E-state index is 0.0541. The van der Waals surface area contributed by atoms with Gasteiger partial charge in [-0.15, -0.1) is 0 Å². The van der Waals surface area contributed by atoms with Gasteiger partial charge in [-0.05, 0) is 63.8 Å². The number of nitrogens with zero attached hydrogens (tertiary/aromatic N) is 4. The minimum Gasteiger partial charge on any atom is -0.352 e. The molecule has 1 aromatic carbocycles. The van der Waals surface area contributed by atoms with Crippen molar-refractivity contribution in [2.75, 3.05) is 19.6 Å². The predicted molar refractivity (Wildman–Crippen MR) is 128 cm³/mol. The van der Waals surface area contributed by atoms with Crippen molar-refractivity contribution >= 4 is 28.5 Å². The summed E-state index contributed by atoms with van der Waals surface area (Å²) in [5.41, 5.74) is 3.60. The van der Waals surface area contributed by atoms with Crippen LogP contribution in [0.3, 0.4) is 0 Å². The summed E-state index contributed by atoms with van der Waals surface area (Å²) in [7, 11) is 0. The molecule has 168 valence electrons. The van der Waals surface area contributed by atoms with E-state index in [1.165, 1.54) is 25.7 Å². The van der Waals surface area contributed by atoms with Crippen LogP contribution in [0.4, 0.5) is 0 Å². The lowest BCUT2D eigenvalue weighted by atomic mass is 10.1. The molecule has 2 fully saturated rings. The number of carbonyl (C=O) groups is 1. The van der Waals surface area contributed by atoms with Gasteiger partial charge in [0.25, 0.3) is 5.91 Å². The normalized spacial score (nSPS) is 19.8. The molecule has 0 radical (unpaired) electrons. The van der Waals surface area contributed by atoms with Gasteiger partial charge in [-0.2, -0.15) is 5.10 Å². The van der Waals surface area contributed by atoms with Crippen LogP contribution in [0.1, 0.15) is 53.8 Å². The summed E-state index contributed by atoms with van der Waals surface area (Å²) >= 11 is 6.42. The van der Waals surface area contributed by atoms with Crippen molar-refractivity contribution in [2.45, 2.75) is 52.0 Å². The lowest BCUT2D eigenvalue weighted by molar-refractivity contribution is 0.0948. The van der Waals surface area contributed by atoms with E-state index < -0.39 is 0 Å². The molecule has 1 saturated carbocycles. The SMILES string of the molecule is Cc1cc(C(=O)NC[C@H]2CCN(C3CCCC3)C2)c2c(C)nn(-c3ccccc3Cl)c2n1. The molecule has 1 aliphatic carbocycles. The minimum atomic E-state index is -0.0541. The number of benzene rings is 1. The summed E-state index contributed by atoms with van der Waals surface area (Å²) in [6.45, 7) is 6.79. The van der Waals surface area contributed by atoms with Gasteiger partial charge in [0.05, 0.1) is 27.4 Å². The molecule has 7 heteroatoms. The standard InChI is InChI=1S/C25H30ClN5O/c1-16-13-20(25(32)27-14-18-11-12-30(15-18)19-7-3-4-8-19)23-17(2)29-31(24(23)28-16)22-10-6-5-9-21(22)26/h5-6,9-10,13,18-19H,3-4,7-8,11-12,14-15H2,1-2H3,(H,27,32)/t18-/m1/s1. The molecule has 2 aliphatic rings. The number of hydrogen-bond donors (Lipinski definition) is 1. The van der Waals surface area contributed by atoms with Gasteiger partial charge in [0.15, 0.2) is 5.65 Å². The maximum Gasteiger partial charge on any atom is 0.252 e. The number of hydrogen-bond acceptors (Lipinski definition) is 4. The first-order valence-electron chi connectivity index (χ1n) is 11.7. The van der Waals surface area contributed by atoms with E-state index in [1.807, 2.05) is 44.2 Å². The highest BCUT2D eigenvalue weighted by molar-refractivity contribution is 6.32. The summed E-state index contributed by atoms with van der Waals surface area (Å²) in [5, 5.41) is 9.26. The lowest BCUT2D eigenvalue weighted by Crippen LogP contribution is -2.34. The number of fused-ring (bicyclic) bond motifs is 1. The Kier molecular flexibility index (Phi) is 5.91. The largest absolute Gasteiger partial charge is 0.352 e. The van der Waals surface area contributed by atoms with Crippen molar-refractivity contribution in [2.24, 2.45) is 5.92 Å². The Morgan fingerprint density at radius 1 is 1.19 bits per heavy atom. The average molecular weight is 452 g/mol. The number of nitrogens with one attached hydrogen (secondary N) is 1. The van der Waals surface area contributed by atoms with Crippen molar-refractivity contribution in [1.29, 1.82) is 0 Å². The van der Waals surface area contributed by atoms with Gasteiger partial charge in [-0.25, -0.2) is 9.67 Å². The van der Waals surface area contributed by atoms with E-state index in [-0.39, 0.29) is 5.91 Å². The Hall–Kier alpha value is -2.44. The van der Waals surface area contributed by atoms with Crippen LogP contribution in [0.5, 0.6) is 0 Å². The highest BCUT2D eigenvalue weighted by Gasteiger charge is 2.30. The van der Waals surface area contributed by atoms with Crippen molar-refractivity contribution in [1.82, 2.24) is 25.0 Å². The highest BCUT2D eigenvalue weighted by atomic mass is 35.5. The van der Waals surface area contributed by atoms with Crippen LogP contribution in [0, 0.1) is 19.8 Å². The molecule has 3 aromatic rings. The molecule has 32 heavy (non-hydrogen) atoms. The van der Waals surface area contributed by atoms with Crippen molar-refractivity contribution in [3.8, 4) is 5.69 Å². The Morgan fingerprint density at radius 3 is 2.75 bits per heavy atom. The quantitative estimate of drug-likeness (QED) is 0.611. The van der Waals surface area contributed by atoms with Gasteiger partial charge in [0.1, 0.15) is 0 Å². The fourth-order valence-electron chi connectivity index (χ4n) is 5.35. The van der Waals surface area contributed by atoms with Crippen molar-refractivity contribution < 1.29 is 4.79 Å². The zero-order valence-corrected chi connectivity index (χ0v) is 19.5. The predicted octanol–water partition coefficient (Wildman–Crippen LogP) is 4.69. The molecule has 2 aromatic heterocycles. The number of rotatable bonds is 5. The summed E-state index contributed by atoms with van der Waals surface area (Å²) in [5.74, 6) is 0.464. The van der Waals surface area contributed by atoms with E-state index in [0.717, 1.165) is 48.0 Å². The van der Waals surface area contributed by atoms with E-state index in [9.17, 15) is 4.79 Å². The average Bonchev–Trinajstić information content (AvgIpc) is 3.52. The molecule has 6 nitrogen and oxygen atoms in total. The number of amides is 1. The number of aryl methyl sites for hydroxylation is 2. The molecule has 1 saturated heterocycles. The van der Waals surface area contributed by atoms with Crippen LogP contribution < -0.4 is 5.32 Å². The maximum absolute atomic E-state index is 13.3. The van der Waals surface area contributed by atoms with E-state index in [4.69, 9.17) is 16.6 Å². The Bertz CT molecular complexity index is 1150. The second-order valence-corrected chi connectivity index (χ2v) is 9.66. The van der Waals surface area contributed by atoms with E-state index >= 15 is 0 Å². The zero-order chi connectivity index (χ0) is 22.2. The van der Waals surface area contributed by atoms with E-state index in [2.05, 4.69) is 15.3 Å². The van der Waals surface area contributed by atoms with Crippen molar-refractivity contribution in [3.63, 3.8) is 0 Å². The third-order valence-electron chi connectivity index (χ3n) is 6.98. The van der Waals surface area contributed by atoms with E-state index in [1.54, 1.807) is 4.68 Å². The fourth-order valence-corrected chi connectivity index (χ4v) is 5.56. The molecule has 1 amide bonds. The molecule has 0 bridgehead atoms. The van der Waals surface area contributed by atoms with Crippen LogP contribution in [0.25, 0.3) is 16.7 Å². The third-order valence-corrected chi connectivity index (χ3v) is 7.30. The molecule has 3 heterocycles. The molecule has 1 aliphatic heterocycles. The molecule has 0 unspecified atom stereocenters. The van der Waals surface area contributed by atoms with Crippen LogP contribution >= 0.6 is 11.6 Å². The monoisotopic (exact) mass is 451 g/mol. The second kappa shape index (κ2) is 8.83. The topological polar surface area (TPSA) is 63.1 Å². The van der Waals surface area contributed by atoms with Gasteiger partial charge in [-0.3, -0.25) is 4.79 Å². The van der Waals surface area contributed by atoms with Crippen LogP contribution in [0.2, 0.25) is 5.02 Å². The zero-order valence-electron chi connectivity index (χ0n) is 18.8. The van der Waals surface area contributed by atoms with Gasteiger partial charge in [0, 0.05) is 24.8 Å². The Morgan fingerprint density at radius 2 is 1.97 bits per heavy atom. The Labute approximate surface area is 194 Å². The number of likely N-dealkylation sites (tertiary alicyclic amines) is 1. The van der Waals surface area contributed by atoms with Gasteiger partial charge in [-0.1, -0.05) is 36.6 Å². The Balaban J connectivity index is 1.37. The first-order chi connectivity index (χ1) is 15.5. The fraction of sp³-hybridized carbons (Fsp3) is 0.480. The number of halogens is 1. The molecular formula is C25H30ClN5O. The number of para-hydroxylation sites is 1. The van der Waals surface area contributed by atoms with Gasteiger partial charge < -0.3 is 10.2 Å². The van der Waals surface area contributed by atoms with Crippen LogP contribution in [-0.4, -0.2) is 51.2 Å². The van der Waals surface area contributed by atoms with Gasteiger partial charge in [0.2, 0.25) is 0 Å². The summed E-state index contributed by atoms with van der Waals surface area (Å²) in [6.07, 6.45) is 6.55. The third kappa shape index (κ3) is 4.02. The first kappa shape index (κ1) is 21.4. The molecule has 0 spiro atoms. The van der Waals surface area contributed by atoms with E-state index in [0.29, 0.717) is 28.7 Å². The first-order valence-corrected chi connectivity index (χ1v) is 12.0. The van der Waals surface area contributed by atoms with Crippen LogP contribution in [-0.2, 0) is 0 Å². The molecule has 5 rings (SSSR count).